The number of rotatable bonds is 3. The Bertz CT molecular complexity index is 1970. The van der Waals surface area contributed by atoms with Crippen molar-refractivity contribution in [2.75, 3.05) is 0 Å². The molecule has 0 unspecified atom stereocenters. The normalized spacial score (nSPS) is 13.3. The van der Waals surface area contributed by atoms with Gasteiger partial charge < -0.3 is 0 Å². The molecule has 39 heavy (non-hydrogen) atoms. The Balaban J connectivity index is 1.46. The molecule has 0 saturated carbocycles. The smallest absolute Gasteiger partial charge is 0.0622 e. The highest BCUT2D eigenvalue weighted by atomic mass is 14.5. The molecule has 1 aliphatic carbocycles. The Hall–Kier alpha value is -4.94. The van der Waals surface area contributed by atoms with Crippen molar-refractivity contribution in [3.05, 3.63) is 180 Å². The summed E-state index contributed by atoms with van der Waals surface area (Å²) < 4.78 is 0. The summed E-state index contributed by atoms with van der Waals surface area (Å²) in [6.45, 7) is 0. The Morgan fingerprint density at radius 3 is 1.64 bits per heavy atom. The number of fused-ring (bicyclic) bond motifs is 6. The molecule has 0 saturated heterocycles. The minimum absolute atomic E-state index is 0.392. The van der Waals surface area contributed by atoms with Gasteiger partial charge in [0.1, 0.15) is 0 Å². The van der Waals surface area contributed by atoms with Gasteiger partial charge in [0.15, 0.2) is 0 Å². The predicted molar refractivity (Wildman–Crippen MR) is 164 cm³/mol. The molecule has 7 aromatic rings. The van der Waals surface area contributed by atoms with Gasteiger partial charge in [-0.05, 0) is 78.2 Å². The molecule has 0 aliphatic heterocycles. The van der Waals surface area contributed by atoms with E-state index in [1.165, 1.54) is 66.1 Å². The number of hydrogen-bond donors (Lipinski definition) is 0. The lowest BCUT2D eigenvalue weighted by atomic mass is 9.67. The van der Waals surface area contributed by atoms with Crippen molar-refractivity contribution in [1.29, 1.82) is 0 Å². The van der Waals surface area contributed by atoms with Crippen LogP contribution in [-0.4, -0.2) is 0 Å². The van der Waals surface area contributed by atoms with Crippen molar-refractivity contribution in [3.63, 3.8) is 0 Å². The average Bonchev–Trinajstić information content (AvgIpc) is 3.32. The van der Waals surface area contributed by atoms with E-state index < -0.39 is 5.41 Å². The molecule has 7 aromatic carbocycles. The zero-order chi connectivity index (χ0) is 25.8. The minimum atomic E-state index is -0.392. The number of benzene rings is 7. The van der Waals surface area contributed by atoms with Crippen LogP contribution in [0.4, 0.5) is 0 Å². The summed E-state index contributed by atoms with van der Waals surface area (Å²) in [5.74, 6) is 0. The lowest BCUT2D eigenvalue weighted by Crippen LogP contribution is -2.28. The summed E-state index contributed by atoms with van der Waals surface area (Å²) in [4.78, 5) is 0. The molecule has 0 N–H and O–H groups in total. The van der Waals surface area contributed by atoms with Gasteiger partial charge in [0.25, 0.3) is 0 Å². The summed E-state index contributed by atoms with van der Waals surface area (Å²) in [6.07, 6.45) is 0. The minimum Gasteiger partial charge on any atom is -0.0622 e. The molecule has 0 aromatic heterocycles. The zero-order valence-electron chi connectivity index (χ0n) is 21.5. The molecule has 0 heteroatoms. The van der Waals surface area contributed by atoms with Crippen molar-refractivity contribution in [2.45, 2.75) is 5.41 Å². The van der Waals surface area contributed by atoms with Crippen LogP contribution in [0.3, 0.4) is 0 Å². The average molecular weight is 495 g/mol. The van der Waals surface area contributed by atoms with E-state index >= 15 is 0 Å². The molecule has 0 bridgehead atoms. The molecule has 8 rings (SSSR count). The fraction of sp³-hybridized carbons (Fsp3) is 0.0256. The molecule has 0 amide bonds. The van der Waals surface area contributed by atoms with E-state index in [2.05, 4.69) is 158 Å². The van der Waals surface area contributed by atoms with Crippen molar-refractivity contribution >= 4 is 21.5 Å². The maximum absolute atomic E-state index is 2.43. The Morgan fingerprint density at radius 1 is 0.333 bits per heavy atom. The van der Waals surface area contributed by atoms with Gasteiger partial charge in [-0.15, -0.1) is 0 Å². The van der Waals surface area contributed by atoms with Gasteiger partial charge in [-0.25, -0.2) is 0 Å². The third-order valence-electron chi connectivity index (χ3n) is 8.53. The van der Waals surface area contributed by atoms with Gasteiger partial charge in [0.05, 0.1) is 5.41 Å². The van der Waals surface area contributed by atoms with Crippen LogP contribution >= 0.6 is 0 Å². The van der Waals surface area contributed by atoms with Crippen molar-refractivity contribution in [3.8, 4) is 22.3 Å². The van der Waals surface area contributed by atoms with Crippen LogP contribution in [0.2, 0.25) is 0 Å². The molecule has 0 atom stereocenters. The van der Waals surface area contributed by atoms with Gasteiger partial charge >= 0.3 is 0 Å². The van der Waals surface area contributed by atoms with Gasteiger partial charge in [0.2, 0.25) is 0 Å². The molecule has 0 heterocycles. The molecule has 182 valence electrons. The second-order valence-electron chi connectivity index (χ2n) is 10.5. The van der Waals surface area contributed by atoms with Crippen LogP contribution in [-0.2, 0) is 5.41 Å². The molecule has 0 fully saturated rings. The third-order valence-corrected chi connectivity index (χ3v) is 8.53. The van der Waals surface area contributed by atoms with Crippen LogP contribution in [0.1, 0.15) is 22.3 Å². The van der Waals surface area contributed by atoms with Gasteiger partial charge in [-0.2, -0.15) is 0 Å². The van der Waals surface area contributed by atoms with Crippen LogP contribution < -0.4 is 0 Å². The lowest BCUT2D eigenvalue weighted by Gasteiger charge is -2.34. The van der Waals surface area contributed by atoms with E-state index in [1.54, 1.807) is 0 Å². The first kappa shape index (κ1) is 22.1. The summed E-state index contributed by atoms with van der Waals surface area (Å²) >= 11 is 0. The monoisotopic (exact) mass is 494 g/mol. The summed E-state index contributed by atoms with van der Waals surface area (Å²) in [5, 5.41) is 5.15. The van der Waals surface area contributed by atoms with Crippen molar-refractivity contribution in [2.24, 2.45) is 0 Å². The SMILES string of the molecule is c1ccc(C2(c3cccc(-c4cc5ccccc5c5ccccc45)c3)c3ccccc3-c3ccccc32)cc1. The molecular weight excluding hydrogens is 468 g/mol. The highest BCUT2D eigenvalue weighted by molar-refractivity contribution is 6.13. The molecular formula is C39H26. The fourth-order valence-electron chi connectivity index (χ4n) is 6.92. The van der Waals surface area contributed by atoms with E-state index in [-0.39, 0.29) is 0 Å². The Labute approximate surface area is 228 Å². The summed E-state index contributed by atoms with van der Waals surface area (Å²) in [7, 11) is 0. The first-order valence-corrected chi connectivity index (χ1v) is 13.6. The van der Waals surface area contributed by atoms with Crippen molar-refractivity contribution < 1.29 is 0 Å². The standard InChI is InChI=1S/C39H26/c1-2-15-29(16-3-1)39(37-23-10-8-21-34(37)35-22-9-11-24-38(35)39)30-17-12-14-27(25-30)36-26-28-13-4-5-18-31(28)32-19-6-7-20-33(32)36/h1-26H. The maximum atomic E-state index is 2.43. The van der Waals surface area contributed by atoms with E-state index in [0.29, 0.717) is 0 Å². The molecule has 0 radical (unpaired) electrons. The molecule has 0 nitrogen and oxygen atoms in total. The Morgan fingerprint density at radius 2 is 0.897 bits per heavy atom. The third kappa shape index (κ3) is 3.12. The van der Waals surface area contributed by atoms with E-state index in [4.69, 9.17) is 0 Å². The largest absolute Gasteiger partial charge is 0.0713 e. The van der Waals surface area contributed by atoms with E-state index in [0.717, 1.165) is 0 Å². The predicted octanol–water partition coefficient (Wildman–Crippen LogP) is 10.0. The quantitative estimate of drug-likeness (QED) is 0.214. The second kappa shape index (κ2) is 8.55. The molecule has 0 spiro atoms. The molecule has 1 aliphatic rings. The summed E-state index contributed by atoms with van der Waals surface area (Å²) in [5.41, 5.74) is 10.0. The van der Waals surface area contributed by atoms with Crippen LogP contribution in [0, 0.1) is 0 Å². The van der Waals surface area contributed by atoms with E-state index in [1.807, 2.05) is 0 Å². The first-order valence-electron chi connectivity index (χ1n) is 13.6. The van der Waals surface area contributed by atoms with Crippen LogP contribution in [0.5, 0.6) is 0 Å². The lowest BCUT2D eigenvalue weighted by molar-refractivity contribution is 0.769. The van der Waals surface area contributed by atoms with Gasteiger partial charge in [0, 0.05) is 0 Å². The second-order valence-corrected chi connectivity index (χ2v) is 10.5. The summed E-state index contributed by atoms with van der Waals surface area (Å²) in [6, 6.07) is 58.1. The van der Waals surface area contributed by atoms with Crippen LogP contribution in [0.25, 0.3) is 43.8 Å². The fourth-order valence-corrected chi connectivity index (χ4v) is 6.92. The van der Waals surface area contributed by atoms with Crippen LogP contribution in [0.15, 0.2) is 158 Å². The van der Waals surface area contributed by atoms with Gasteiger partial charge in [-0.1, -0.05) is 146 Å². The number of hydrogen-bond acceptors (Lipinski definition) is 0. The highest BCUT2D eigenvalue weighted by Gasteiger charge is 2.45. The maximum Gasteiger partial charge on any atom is 0.0713 e. The van der Waals surface area contributed by atoms with Gasteiger partial charge in [-0.3, -0.25) is 0 Å². The first-order chi connectivity index (χ1) is 19.4. The highest BCUT2D eigenvalue weighted by Crippen LogP contribution is 2.56. The zero-order valence-corrected chi connectivity index (χ0v) is 21.5. The van der Waals surface area contributed by atoms with Crippen molar-refractivity contribution in [1.82, 2.24) is 0 Å². The Kier molecular flexibility index (Phi) is 4.84. The van der Waals surface area contributed by atoms with E-state index in [9.17, 15) is 0 Å². The topological polar surface area (TPSA) is 0 Å².